The summed E-state index contributed by atoms with van der Waals surface area (Å²) < 4.78 is 1.10. The van der Waals surface area contributed by atoms with Crippen LogP contribution < -0.4 is 5.73 Å². The van der Waals surface area contributed by atoms with Crippen LogP contribution in [-0.2, 0) is 0 Å². The third-order valence-electron chi connectivity index (χ3n) is 3.68. The van der Waals surface area contributed by atoms with Crippen molar-refractivity contribution in [2.45, 2.75) is 0 Å². The number of aromatic nitrogens is 1. The molecule has 0 radical (unpaired) electrons. The summed E-state index contributed by atoms with van der Waals surface area (Å²) in [5, 5.41) is 2.89. The Balaban J connectivity index is 2.03. The molecule has 0 saturated carbocycles. The van der Waals surface area contributed by atoms with Crippen LogP contribution in [0.4, 0.5) is 0 Å². The van der Waals surface area contributed by atoms with Gasteiger partial charge >= 0.3 is 0 Å². The van der Waals surface area contributed by atoms with Crippen LogP contribution in [0.1, 0.15) is 10.4 Å². The van der Waals surface area contributed by atoms with Crippen LogP contribution in [0.2, 0.25) is 0 Å². The van der Waals surface area contributed by atoms with E-state index in [4.69, 9.17) is 5.73 Å². The second-order valence-electron chi connectivity index (χ2n) is 5.10. The number of carbonyl (C=O) groups is 1. The molecule has 0 fully saturated rings. The lowest BCUT2D eigenvalue weighted by Gasteiger charge is -2.06. The van der Waals surface area contributed by atoms with Gasteiger partial charge in [-0.25, -0.2) is 4.98 Å². The van der Waals surface area contributed by atoms with Gasteiger partial charge in [0, 0.05) is 11.1 Å². The Bertz CT molecular complexity index is 987. The van der Waals surface area contributed by atoms with Crippen LogP contribution in [-0.4, -0.2) is 10.9 Å². The maximum atomic E-state index is 11.9. The monoisotopic (exact) mass is 304 g/mol. The second kappa shape index (κ2) is 4.93. The third kappa shape index (κ3) is 2.05. The average molecular weight is 304 g/mol. The van der Waals surface area contributed by atoms with Crippen molar-refractivity contribution in [3.8, 4) is 10.6 Å². The molecule has 3 nitrogen and oxygen atoms in total. The number of primary amides is 1. The minimum absolute atomic E-state index is 0.431. The first kappa shape index (κ1) is 13.0. The number of fused-ring (bicyclic) bond motifs is 2. The molecule has 0 spiro atoms. The molecule has 0 atom stereocenters. The fraction of sp³-hybridized carbons (Fsp3) is 0. The summed E-state index contributed by atoms with van der Waals surface area (Å²) in [4.78, 5) is 16.5. The molecule has 0 aliphatic carbocycles. The number of para-hydroxylation sites is 1. The molecule has 0 aliphatic heterocycles. The van der Waals surface area contributed by atoms with Gasteiger partial charge in [0.2, 0.25) is 5.91 Å². The summed E-state index contributed by atoms with van der Waals surface area (Å²) in [6, 6.07) is 19.7. The summed E-state index contributed by atoms with van der Waals surface area (Å²) in [5.41, 5.74) is 7.82. The molecule has 1 amide bonds. The van der Waals surface area contributed by atoms with E-state index in [9.17, 15) is 4.79 Å². The molecule has 22 heavy (non-hydrogen) atoms. The van der Waals surface area contributed by atoms with Crippen molar-refractivity contribution in [1.82, 2.24) is 4.98 Å². The quantitative estimate of drug-likeness (QED) is 0.603. The van der Waals surface area contributed by atoms with Crippen LogP contribution in [0.5, 0.6) is 0 Å². The van der Waals surface area contributed by atoms with Gasteiger partial charge in [0.05, 0.1) is 10.2 Å². The molecule has 4 rings (SSSR count). The topological polar surface area (TPSA) is 56.0 Å². The highest BCUT2D eigenvalue weighted by Crippen LogP contribution is 2.34. The van der Waals surface area contributed by atoms with E-state index in [1.54, 1.807) is 11.3 Å². The minimum Gasteiger partial charge on any atom is -0.366 e. The Morgan fingerprint density at radius 3 is 2.36 bits per heavy atom. The molecule has 1 heterocycles. The van der Waals surface area contributed by atoms with E-state index in [1.165, 1.54) is 0 Å². The number of benzene rings is 3. The molecule has 1 aromatic heterocycles. The lowest BCUT2D eigenvalue weighted by molar-refractivity contribution is 0.100. The number of thiazole rings is 1. The number of rotatable bonds is 2. The van der Waals surface area contributed by atoms with Gasteiger partial charge in [0.1, 0.15) is 5.01 Å². The minimum atomic E-state index is -0.431. The van der Waals surface area contributed by atoms with E-state index in [1.807, 2.05) is 60.7 Å². The van der Waals surface area contributed by atoms with E-state index in [0.29, 0.717) is 5.56 Å². The molecule has 2 N–H and O–H groups in total. The lowest BCUT2D eigenvalue weighted by atomic mass is 10.0. The van der Waals surface area contributed by atoms with Crippen molar-refractivity contribution >= 4 is 38.2 Å². The second-order valence-corrected chi connectivity index (χ2v) is 6.13. The van der Waals surface area contributed by atoms with Gasteiger partial charge in [0.25, 0.3) is 0 Å². The Morgan fingerprint density at radius 2 is 1.64 bits per heavy atom. The maximum absolute atomic E-state index is 11.9. The Kier molecular flexibility index (Phi) is 2.91. The van der Waals surface area contributed by atoms with Crippen molar-refractivity contribution in [2.24, 2.45) is 5.73 Å². The lowest BCUT2D eigenvalue weighted by Crippen LogP contribution is -2.12. The molecule has 0 unspecified atom stereocenters. The summed E-state index contributed by atoms with van der Waals surface area (Å²) in [6.07, 6.45) is 0. The largest absolute Gasteiger partial charge is 0.366 e. The SMILES string of the molecule is NC(=O)c1cc2ccccc2cc1-c1nc2ccccc2s1. The van der Waals surface area contributed by atoms with Gasteiger partial charge in [-0.3, -0.25) is 4.79 Å². The summed E-state index contributed by atoms with van der Waals surface area (Å²) >= 11 is 1.57. The molecule has 106 valence electrons. The van der Waals surface area contributed by atoms with Crippen molar-refractivity contribution in [3.63, 3.8) is 0 Å². The number of carbonyl (C=O) groups excluding carboxylic acids is 1. The molecule has 4 aromatic rings. The highest BCUT2D eigenvalue weighted by atomic mass is 32.1. The number of amides is 1. The van der Waals surface area contributed by atoms with E-state index in [-0.39, 0.29) is 0 Å². The van der Waals surface area contributed by atoms with Gasteiger partial charge in [-0.05, 0) is 35.0 Å². The fourth-order valence-corrected chi connectivity index (χ4v) is 3.60. The Morgan fingerprint density at radius 1 is 0.955 bits per heavy atom. The maximum Gasteiger partial charge on any atom is 0.249 e. The van der Waals surface area contributed by atoms with Crippen LogP contribution in [0.15, 0.2) is 60.7 Å². The molecule has 0 bridgehead atoms. The molecule has 0 saturated heterocycles. The molecular weight excluding hydrogens is 292 g/mol. The number of hydrogen-bond acceptors (Lipinski definition) is 3. The smallest absolute Gasteiger partial charge is 0.249 e. The predicted molar refractivity (Wildman–Crippen MR) is 91.1 cm³/mol. The van der Waals surface area contributed by atoms with Gasteiger partial charge in [-0.15, -0.1) is 11.3 Å². The van der Waals surface area contributed by atoms with E-state index >= 15 is 0 Å². The van der Waals surface area contributed by atoms with Gasteiger partial charge in [-0.2, -0.15) is 0 Å². The van der Waals surface area contributed by atoms with Crippen LogP contribution in [0.25, 0.3) is 31.6 Å². The molecule has 0 aliphatic rings. The average Bonchev–Trinajstić information content (AvgIpc) is 2.97. The van der Waals surface area contributed by atoms with Crippen LogP contribution in [0.3, 0.4) is 0 Å². The van der Waals surface area contributed by atoms with Gasteiger partial charge in [0.15, 0.2) is 0 Å². The number of hydrogen-bond donors (Lipinski definition) is 1. The van der Waals surface area contributed by atoms with Crippen molar-refractivity contribution < 1.29 is 4.79 Å². The van der Waals surface area contributed by atoms with Crippen molar-refractivity contribution in [1.29, 1.82) is 0 Å². The van der Waals surface area contributed by atoms with Crippen LogP contribution >= 0.6 is 11.3 Å². The zero-order chi connectivity index (χ0) is 15.1. The Hall–Kier alpha value is -2.72. The van der Waals surface area contributed by atoms with E-state index in [2.05, 4.69) is 4.98 Å². The highest BCUT2D eigenvalue weighted by molar-refractivity contribution is 7.21. The molecule has 4 heteroatoms. The highest BCUT2D eigenvalue weighted by Gasteiger charge is 2.15. The molecular formula is C18H12N2OS. The van der Waals surface area contributed by atoms with Crippen molar-refractivity contribution in [3.05, 3.63) is 66.2 Å². The summed E-state index contributed by atoms with van der Waals surface area (Å²) in [5.74, 6) is -0.431. The number of nitrogens with zero attached hydrogens (tertiary/aromatic N) is 1. The van der Waals surface area contributed by atoms with E-state index in [0.717, 1.165) is 31.6 Å². The third-order valence-corrected chi connectivity index (χ3v) is 4.75. The van der Waals surface area contributed by atoms with Gasteiger partial charge < -0.3 is 5.73 Å². The fourth-order valence-electron chi connectivity index (χ4n) is 2.61. The van der Waals surface area contributed by atoms with Crippen molar-refractivity contribution in [2.75, 3.05) is 0 Å². The molecule has 3 aromatic carbocycles. The van der Waals surface area contributed by atoms with E-state index < -0.39 is 5.91 Å². The summed E-state index contributed by atoms with van der Waals surface area (Å²) in [6.45, 7) is 0. The summed E-state index contributed by atoms with van der Waals surface area (Å²) in [7, 11) is 0. The predicted octanol–water partition coefficient (Wildman–Crippen LogP) is 4.22. The van der Waals surface area contributed by atoms with Crippen LogP contribution in [0, 0.1) is 0 Å². The zero-order valence-corrected chi connectivity index (χ0v) is 12.4. The standard InChI is InChI=1S/C18H12N2OS/c19-17(21)13-9-11-5-1-2-6-12(11)10-14(13)18-20-15-7-3-4-8-16(15)22-18/h1-10H,(H2,19,21). The Labute approximate surface area is 131 Å². The first-order valence-corrected chi connectivity index (χ1v) is 7.72. The first-order valence-electron chi connectivity index (χ1n) is 6.91. The van der Waals surface area contributed by atoms with Gasteiger partial charge in [-0.1, -0.05) is 36.4 Å². The normalized spacial score (nSPS) is 11.1. The first-order chi connectivity index (χ1) is 10.7. The zero-order valence-electron chi connectivity index (χ0n) is 11.6. The number of nitrogens with two attached hydrogens (primary N) is 1.